The van der Waals surface area contributed by atoms with Gasteiger partial charge in [0.2, 0.25) is 0 Å². The van der Waals surface area contributed by atoms with Crippen LogP contribution in [-0.4, -0.2) is 43.7 Å². The lowest BCUT2D eigenvalue weighted by molar-refractivity contribution is -0.142. The number of thioether (sulfide) groups is 1. The highest BCUT2D eigenvalue weighted by Crippen LogP contribution is 2.17. The molecule has 0 saturated carbocycles. The van der Waals surface area contributed by atoms with E-state index in [1.165, 1.54) is 18.9 Å². The first-order valence-electron chi connectivity index (χ1n) is 7.53. The molecule has 24 heavy (non-hydrogen) atoms. The predicted molar refractivity (Wildman–Crippen MR) is 94.3 cm³/mol. The Bertz CT molecular complexity index is 539. The van der Waals surface area contributed by atoms with Crippen molar-refractivity contribution < 1.29 is 23.8 Å². The third-order valence-electron chi connectivity index (χ3n) is 2.89. The van der Waals surface area contributed by atoms with Gasteiger partial charge in [0.15, 0.2) is 0 Å². The van der Waals surface area contributed by atoms with E-state index in [2.05, 4.69) is 5.32 Å². The molecule has 0 bridgehead atoms. The van der Waals surface area contributed by atoms with Crippen LogP contribution in [0.15, 0.2) is 24.3 Å². The second kappa shape index (κ2) is 9.42. The minimum Gasteiger partial charge on any atom is -0.497 e. The zero-order chi connectivity index (χ0) is 18.2. The van der Waals surface area contributed by atoms with Crippen LogP contribution in [0.1, 0.15) is 26.3 Å². The topological polar surface area (TPSA) is 73.9 Å². The van der Waals surface area contributed by atoms with Crippen molar-refractivity contribution in [1.29, 1.82) is 0 Å². The first-order chi connectivity index (χ1) is 11.2. The lowest BCUT2D eigenvalue weighted by atomic mass is 10.2. The van der Waals surface area contributed by atoms with Crippen molar-refractivity contribution in [2.45, 2.75) is 38.2 Å². The maximum Gasteiger partial charge on any atom is 0.408 e. The Morgan fingerprint density at radius 1 is 1.17 bits per heavy atom. The molecular weight excluding hydrogens is 330 g/mol. The SMILES string of the molecule is COC(=O)[C@@H](CSCc1ccc(OC)cc1)NC(=O)OC(C)(C)C. The maximum atomic E-state index is 11.8. The summed E-state index contributed by atoms with van der Waals surface area (Å²) < 4.78 is 15.0. The van der Waals surface area contributed by atoms with Crippen LogP contribution < -0.4 is 10.1 Å². The van der Waals surface area contributed by atoms with Gasteiger partial charge in [-0.15, -0.1) is 0 Å². The van der Waals surface area contributed by atoms with E-state index in [1.54, 1.807) is 27.9 Å². The highest BCUT2D eigenvalue weighted by Gasteiger charge is 2.24. The van der Waals surface area contributed by atoms with Gasteiger partial charge < -0.3 is 19.5 Å². The normalized spacial score (nSPS) is 12.2. The van der Waals surface area contributed by atoms with Crippen molar-refractivity contribution in [1.82, 2.24) is 5.32 Å². The van der Waals surface area contributed by atoms with Crippen LogP contribution in [-0.2, 0) is 20.0 Å². The molecule has 134 valence electrons. The van der Waals surface area contributed by atoms with Crippen LogP contribution >= 0.6 is 11.8 Å². The minimum atomic E-state index is -0.756. The van der Waals surface area contributed by atoms with Crippen molar-refractivity contribution in [3.05, 3.63) is 29.8 Å². The number of esters is 1. The van der Waals surface area contributed by atoms with Crippen molar-refractivity contribution in [3.63, 3.8) is 0 Å². The standard InChI is InChI=1S/C17H25NO5S/c1-17(2,3)23-16(20)18-14(15(19)22-5)11-24-10-12-6-8-13(21-4)9-7-12/h6-9,14H,10-11H2,1-5H3,(H,18,20)/t14-/m1/s1. The van der Waals surface area contributed by atoms with Crippen LogP contribution in [0.25, 0.3) is 0 Å². The number of hydrogen-bond donors (Lipinski definition) is 1. The summed E-state index contributed by atoms with van der Waals surface area (Å²) in [6.45, 7) is 5.29. The van der Waals surface area contributed by atoms with E-state index in [0.29, 0.717) is 11.5 Å². The smallest absolute Gasteiger partial charge is 0.408 e. The second-order valence-electron chi connectivity index (χ2n) is 6.09. The van der Waals surface area contributed by atoms with Gasteiger partial charge in [-0.05, 0) is 38.5 Å². The highest BCUT2D eigenvalue weighted by molar-refractivity contribution is 7.98. The predicted octanol–water partition coefficient (Wildman–Crippen LogP) is 2.99. The maximum absolute atomic E-state index is 11.8. The average molecular weight is 355 g/mol. The molecule has 0 saturated heterocycles. The Morgan fingerprint density at radius 2 is 1.79 bits per heavy atom. The zero-order valence-corrected chi connectivity index (χ0v) is 15.6. The van der Waals surface area contributed by atoms with Crippen LogP contribution in [0.5, 0.6) is 5.75 Å². The summed E-state index contributed by atoms with van der Waals surface area (Å²) >= 11 is 1.52. The van der Waals surface area contributed by atoms with Gasteiger partial charge in [-0.25, -0.2) is 9.59 Å². The van der Waals surface area contributed by atoms with E-state index in [4.69, 9.17) is 14.2 Å². The number of nitrogens with one attached hydrogen (secondary N) is 1. The number of rotatable bonds is 7. The largest absolute Gasteiger partial charge is 0.497 e. The molecule has 1 rings (SSSR count). The fraction of sp³-hybridized carbons (Fsp3) is 0.529. The van der Waals surface area contributed by atoms with Gasteiger partial charge in [0.05, 0.1) is 14.2 Å². The summed E-state index contributed by atoms with van der Waals surface area (Å²) in [4.78, 5) is 23.6. The Labute approximate surface area is 147 Å². The molecule has 1 aromatic rings. The summed E-state index contributed by atoms with van der Waals surface area (Å²) in [6, 6.07) is 6.92. The molecule has 0 heterocycles. The van der Waals surface area contributed by atoms with E-state index in [1.807, 2.05) is 24.3 Å². The van der Waals surface area contributed by atoms with E-state index < -0.39 is 23.7 Å². The van der Waals surface area contributed by atoms with Gasteiger partial charge in [0.25, 0.3) is 0 Å². The number of ether oxygens (including phenoxy) is 3. The number of carbonyl (C=O) groups is 2. The second-order valence-corrected chi connectivity index (χ2v) is 7.12. The summed E-state index contributed by atoms with van der Waals surface area (Å²) in [5.41, 5.74) is 0.475. The number of carbonyl (C=O) groups excluding carboxylic acids is 2. The quantitative estimate of drug-likeness (QED) is 0.758. The van der Waals surface area contributed by atoms with Gasteiger partial charge in [0, 0.05) is 11.5 Å². The van der Waals surface area contributed by atoms with Crippen LogP contribution in [0.4, 0.5) is 4.79 Å². The molecule has 0 aliphatic carbocycles. The highest BCUT2D eigenvalue weighted by atomic mass is 32.2. The molecule has 7 heteroatoms. The minimum absolute atomic E-state index is 0.387. The Hall–Kier alpha value is -1.89. The summed E-state index contributed by atoms with van der Waals surface area (Å²) in [5, 5.41) is 2.55. The van der Waals surface area contributed by atoms with Gasteiger partial charge in [-0.1, -0.05) is 12.1 Å². The lowest BCUT2D eigenvalue weighted by Crippen LogP contribution is -2.45. The van der Waals surface area contributed by atoms with Crippen LogP contribution in [0.3, 0.4) is 0 Å². The molecule has 6 nitrogen and oxygen atoms in total. The molecule has 0 unspecified atom stereocenters. The van der Waals surface area contributed by atoms with E-state index in [0.717, 1.165) is 11.3 Å². The monoisotopic (exact) mass is 355 g/mol. The van der Waals surface area contributed by atoms with E-state index >= 15 is 0 Å². The molecule has 1 amide bonds. The number of alkyl carbamates (subject to hydrolysis) is 1. The number of hydrogen-bond acceptors (Lipinski definition) is 6. The third kappa shape index (κ3) is 7.59. The fourth-order valence-electron chi connectivity index (χ4n) is 1.78. The number of methoxy groups -OCH3 is 2. The van der Waals surface area contributed by atoms with Crippen molar-refractivity contribution in [2.75, 3.05) is 20.0 Å². The summed E-state index contributed by atoms with van der Waals surface area (Å²) in [6.07, 6.45) is -0.636. The molecule has 0 aromatic heterocycles. The Kier molecular flexibility index (Phi) is 7.91. The van der Waals surface area contributed by atoms with Gasteiger partial charge in [-0.2, -0.15) is 11.8 Å². The Balaban J connectivity index is 2.53. The van der Waals surface area contributed by atoms with Crippen LogP contribution in [0, 0.1) is 0 Å². The number of benzene rings is 1. The molecule has 0 spiro atoms. The molecule has 1 N–H and O–H groups in total. The lowest BCUT2D eigenvalue weighted by Gasteiger charge is -2.22. The molecule has 1 aromatic carbocycles. The third-order valence-corrected chi connectivity index (χ3v) is 4.00. The van der Waals surface area contributed by atoms with E-state index in [-0.39, 0.29) is 0 Å². The molecule has 0 aliphatic heterocycles. The molecule has 0 radical (unpaired) electrons. The molecule has 1 atom stereocenters. The zero-order valence-electron chi connectivity index (χ0n) is 14.8. The van der Waals surface area contributed by atoms with E-state index in [9.17, 15) is 9.59 Å². The molecule has 0 aliphatic rings. The first-order valence-corrected chi connectivity index (χ1v) is 8.68. The summed E-state index contributed by atoms with van der Waals surface area (Å²) in [5.74, 6) is 1.39. The molecular formula is C17H25NO5S. The Morgan fingerprint density at radius 3 is 2.29 bits per heavy atom. The van der Waals surface area contributed by atoms with Crippen molar-refractivity contribution >= 4 is 23.8 Å². The van der Waals surface area contributed by atoms with Crippen LogP contribution in [0.2, 0.25) is 0 Å². The van der Waals surface area contributed by atoms with Gasteiger partial charge in [0.1, 0.15) is 17.4 Å². The van der Waals surface area contributed by atoms with Gasteiger partial charge >= 0.3 is 12.1 Å². The first kappa shape index (κ1) is 20.2. The van der Waals surface area contributed by atoms with Gasteiger partial charge in [-0.3, -0.25) is 0 Å². The summed E-state index contributed by atoms with van der Waals surface area (Å²) in [7, 11) is 2.91. The number of amides is 1. The fourth-order valence-corrected chi connectivity index (χ4v) is 2.78. The molecule has 0 fully saturated rings. The average Bonchev–Trinajstić information content (AvgIpc) is 2.52. The van der Waals surface area contributed by atoms with Crippen molar-refractivity contribution in [2.24, 2.45) is 0 Å². The van der Waals surface area contributed by atoms with Crippen molar-refractivity contribution in [3.8, 4) is 5.75 Å².